The Morgan fingerprint density at radius 1 is 0.571 bits per heavy atom. The number of carbonyl (C=O) groups excluding carboxylic acids is 4. The van der Waals surface area contributed by atoms with Crippen LogP contribution in [0.1, 0.15) is 94.8 Å². The van der Waals surface area contributed by atoms with E-state index < -0.39 is 23.1 Å². The number of aliphatic hydroxyl groups excluding tert-OH is 2. The van der Waals surface area contributed by atoms with Gasteiger partial charge in [-0.2, -0.15) is 0 Å². The van der Waals surface area contributed by atoms with Gasteiger partial charge < -0.3 is 29.2 Å². The maximum atomic E-state index is 13.5. The molecule has 230 valence electrons. The molecular formula is C32H42O10. The lowest BCUT2D eigenvalue weighted by Gasteiger charge is -2.30. The summed E-state index contributed by atoms with van der Waals surface area (Å²) in [7, 11) is 0. The molecule has 0 atom stereocenters. The van der Waals surface area contributed by atoms with Gasteiger partial charge in [0.2, 0.25) is 0 Å². The van der Waals surface area contributed by atoms with Gasteiger partial charge in [-0.1, -0.05) is 52.0 Å². The van der Waals surface area contributed by atoms with Gasteiger partial charge in [0.05, 0.1) is 37.6 Å². The molecule has 0 heterocycles. The third kappa shape index (κ3) is 8.54. The van der Waals surface area contributed by atoms with Crippen LogP contribution in [0.15, 0.2) is 48.5 Å². The Balaban J connectivity index is 2.08. The first-order valence-corrected chi connectivity index (χ1v) is 14.3. The molecule has 0 spiro atoms. The minimum Gasteiger partial charge on any atom is -0.460 e. The molecule has 10 nitrogen and oxygen atoms in total. The van der Waals surface area contributed by atoms with E-state index in [1.807, 2.05) is 27.7 Å². The lowest BCUT2D eigenvalue weighted by Crippen LogP contribution is -2.41. The number of carbonyl (C=O) groups is 4. The molecule has 2 rings (SSSR count). The normalized spacial score (nSPS) is 11.7. The molecule has 42 heavy (non-hydrogen) atoms. The van der Waals surface area contributed by atoms with E-state index >= 15 is 0 Å². The Morgan fingerprint density at radius 3 is 1.36 bits per heavy atom. The van der Waals surface area contributed by atoms with E-state index in [4.69, 9.17) is 29.2 Å². The fourth-order valence-corrected chi connectivity index (χ4v) is 4.70. The SMILES string of the molecule is CCC(CC)(OCCO)C(=O)c1cccc(C(=O)OCCOC(CC)(CC)C(=O)c2cccc(C(=O)OCCO)c2)c1. The molecule has 10 heteroatoms. The molecular weight excluding hydrogens is 544 g/mol. The first kappa shape index (κ1) is 34.8. The van der Waals surface area contributed by atoms with Crippen LogP contribution in [-0.4, -0.2) is 84.6 Å². The zero-order valence-corrected chi connectivity index (χ0v) is 24.9. The number of esters is 2. The molecule has 0 aromatic heterocycles. The molecule has 2 N–H and O–H groups in total. The van der Waals surface area contributed by atoms with E-state index in [0.29, 0.717) is 31.2 Å². The van der Waals surface area contributed by atoms with Crippen LogP contribution < -0.4 is 0 Å². The number of benzene rings is 2. The van der Waals surface area contributed by atoms with Crippen molar-refractivity contribution in [1.29, 1.82) is 0 Å². The molecule has 0 saturated heterocycles. The van der Waals surface area contributed by atoms with Gasteiger partial charge in [-0.15, -0.1) is 0 Å². The number of hydrogen-bond donors (Lipinski definition) is 2. The van der Waals surface area contributed by atoms with Crippen LogP contribution in [-0.2, 0) is 18.9 Å². The predicted molar refractivity (Wildman–Crippen MR) is 155 cm³/mol. The summed E-state index contributed by atoms with van der Waals surface area (Å²) in [6, 6.07) is 12.3. The van der Waals surface area contributed by atoms with Crippen LogP contribution in [0, 0.1) is 0 Å². The number of hydrogen-bond acceptors (Lipinski definition) is 10. The van der Waals surface area contributed by atoms with E-state index in [0.717, 1.165) is 0 Å². The second kappa shape index (κ2) is 16.9. The van der Waals surface area contributed by atoms with Gasteiger partial charge in [0.15, 0.2) is 11.6 Å². The summed E-state index contributed by atoms with van der Waals surface area (Å²) in [6.07, 6.45) is 1.49. The zero-order chi connectivity index (χ0) is 31.2. The molecule has 0 unspecified atom stereocenters. The second-order valence-corrected chi connectivity index (χ2v) is 9.64. The van der Waals surface area contributed by atoms with Gasteiger partial charge in [-0.25, -0.2) is 9.59 Å². The summed E-state index contributed by atoms with van der Waals surface area (Å²) in [5.41, 5.74) is -1.37. The lowest BCUT2D eigenvalue weighted by molar-refractivity contribution is -0.0461. The predicted octanol–water partition coefficient (Wildman–Crippen LogP) is 4.20. The maximum Gasteiger partial charge on any atom is 0.338 e. The van der Waals surface area contributed by atoms with E-state index in [-0.39, 0.29) is 67.9 Å². The molecule has 0 amide bonds. The zero-order valence-electron chi connectivity index (χ0n) is 24.9. The fraction of sp³-hybridized carbons (Fsp3) is 0.500. The Morgan fingerprint density at radius 2 is 0.952 bits per heavy atom. The van der Waals surface area contributed by atoms with Gasteiger partial charge in [0, 0.05) is 11.1 Å². The highest BCUT2D eigenvalue weighted by Gasteiger charge is 2.38. The Labute approximate surface area is 246 Å². The quantitative estimate of drug-likeness (QED) is 0.139. The summed E-state index contributed by atoms with van der Waals surface area (Å²) in [4.78, 5) is 51.7. The average molecular weight is 587 g/mol. The molecule has 0 fully saturated rings. The second-order valence-electron chi connectivity index (χ2n) is 9.64. The highest BCUT2D eigenvalue weighted by Crippen LogP contribution is 2.28. The van der Waals surface area contributed by atoms with E-state index in [9.17, 15) is 19.2 Å². The third-order valence-corrected chi connectivity index (χ3v) is 7.32. The summed E-state index contributed by atoms with van der Waals surface area (Å²) < 4.78 is 22.1. The Kier molecular flexibility index (Phi) is 14.0. The standard InChI is InChI=1S/C32H42O10/c1-5-31(6-2,41-18-16-34)27(35)23-11-10-14-26(22-23)30(38)40-19-20-42-32(7-3,8-4)28(36)24-12-9-13-25(21-24)29(37)39-17-15-33/h9-14,21-22,33-34H,5-8,15-20H2,1-4H3. The topological polar surface area (TPSA) is 146 Å². The number of ketones is 2. The van der Waals surface area contributed by atoms with Crippen molar-refractivity contribution >= 4 is 23.5 Å². The molecule has 0 radical (unpaired) electrons. The van der Waals surface area contributed by atoms with Gasteiger partial charge in [0.25, 0.3) is 0 Å². The van der Waals surface area contributed by atoms with Crippen molar-refractivity contribution in [2.45, 2.75) is 64.6 Å². The highest BCUT2D eigenvalue weighted by molar-refractivity contribution is 6.05. The summed E-state index contributed by atoms with van der Waals surface area (Å²) in [5, 5.41) is 18.1. The van der Waals surface area contributed by atoms with Gasteiger partial charge >= 0.3 is 11.9 Å². The van der Waals surface area contributed by atoms with E-state index in [2.05, 4.69) is 0 Å². The summed E-state index contributed by atoms with van der Waals surface area (Å²) >= 11 is 0. The first-order valence-electron chi connectivity index (χ1n) is 14.3. The third-order valence-electron chi connectivity index (χ3n) is 7.32. The molecule has 0 aliphatic heterocycles. The molecule has 2 aromatic rings. The summed E-state index contributed by atoms with van der Waals surface area (Å²) in [6.45, 7) is 6.46. The Hall–Kier alpha value is -3.44. The smallest absolute Gasteiger partial charge is 0.338 e. The number of Topliss-reactive ketones (excluding diaryl/α,β-unsaturated/α-hetero) is 2. The monoisotopic (exact) mass is 586 g/mol. The van der Waals surface area contributed by atoms with Crippen LogP contribution in [0.25, 0.3) is 0 Å². The largest absolute Gasteiger partial charge is 0.460 e. The first-order chi connectivity index (χ1) is 20.2. The van der Waals surface area contributed by atoms with Crippen LogP contribution in [0.4, 0.5) is 0 Å². The molecule has 0 bridgehead atoms. The Bertz CT molecular complexity index is 1200. The van der Waals surface area contributed by atoms with Crippen molar-refractivity contribution in [3.05, 3.63) is 70.8 Å². The van der Waals surface area contributed by atoms with Gasteiger partial charge in [-0.3, -0.25) is 9.59 Å². The van der Waals surface area contributed by atoms with Crippen molar-refractivity contribution in [2.75, 3.05) is 39.6 Å². The average Bonchev–Trinajstić information content (AvgIpc) is 3.04. The van der Waals surface area contributed by atoms with Crippen molar-refractivity contribution in [3.8, 4) is 0 Å². The fourth-order valence-electron chi connectivity index (χ4n) is 4.70. The van der Waals surface area contributed by atoms with Crippen LogP contribution in [0.3, 0.4) is 0 Å². The number of rotatable bonds is 19. The van der Waals surface area contributed by atoms with Crippen molar-refractivity contribution in [2.24, 2.45) is 0 Å². The lowest BCUT2D eigenvalue weighted by atomic mass is 9.87. The molecule has 2 aromatic carbocycles. The summed E-state index contributed by atoms with van der Waals surface area (Å²) in [5.74, 6) is -1.90. The molecule has 0 aliphatic carbocycles. The highest BCUT2D eigenvalue weighted by atomic mass is 16.6. The number of ether oxygens (including phenoxy) is 4. The maximum absolute atomic E-state index is 13.5. The molecule has 0 aliphatic rings. The van der Waals surface area contributed by atoms with Crippen molar-refractivity contribution in [3.63, 3.8) is 0 Å². The van der Waals surface area contributed by atoms with Crippen LogP contribution in [0.5, 0.6) is 0 Å². The van der Waals surface area contributed by atoms with Crippen molar-refractivity contribution in [1.82, 2.24) is 0 Å². The van der Waals surface area contributed by atoms with E-state index in [1.54, 1.807) is 30.3 Å². The van der Waals surface area contributed by atoms with Crippen LogP contribution >= 0.6 is 0 Å². The van der Waals surface area contributed by atoms with E-state index in [1.165, 1.54) is 18.2 Å². The van der Waals surface area contributed by atoms with Gasteiger partial charge in [0.1, 0.15) is 24.4 Å². The minimum atomic E-state index is -1.20. The number of aliphatic hydroxyl groups is 2. The van der Waals surface area contributed by atoms with Gasteiger partial charge in [-0.05, 0) is 49.9 Å². The van der Waals surface area contributed by atoms with Crippen LogP contribution in [0.2, 0.25) is 0 Å². The minimum absolute atomic E-state index is 0.0251. The van der Waals surface area contributed by atoms with Crippen molar-refractivity contribution < 1.29 is 48.3 Å². The molecule has 0 saturated carbocycles.